The molecule has 0 fully saturated rings. The van der Waals surface area contributed by atoms with Gasteiger partial charge in [0.1, 0.15) is 6.61 Å². The van der Waals surface area contributed by atoms with E-state index in [0.717, 1.165) is 57.8 Å². The number of unbranched alkanes of at least 4 members (excludes halogenated alkanes) is 32. The second-order valence-electron chi connectivity index (χ2n) is 17.6. The molecule has 60 heavy (non-hydrogen) atoms. The van der Waals surface area contributed by atoms with Gasteiger partial charge in [0.25, 0.3) is 0 Å². The summed E-state index contributed by atoms with van der Waals surface area (Å²) in [5.74, 6) is -0.592. The first-order valence-corrected chi connectivity index (χ1v) is 26.2. The van der Waals surface area contributed by atoms with E-state index in [-0.39, 0.29) is 25.2 Å². The maximum absolute atomic E-state index is 12.3. The number of aliphatic hydroxyl groups excluding tert-OH is 1. The van der Waals surface area contributed by atoms with E-state index in [1.54, 1.807) is 0 Å². The van der Waals surface area contributed by atoms with Gasteiger partial charge >= 0.3 is 11.9 Å². The summed E-state index contributed by atoms with van der Waals surface area (Å²) in [6, 6.07) is 0. The molecule has 0 rings (SSSR count). The van der Waals surface area contributed by atoms with Crippen LogP contribution in [-0.4, -0.2) is 36.4 Å². The molecule has 1 unspecified atom stereocenters. The van der Waals surface area contributed by atoms with Crippen molar-refractivity contribution in [2.24, 2.45) is 0 Å². The van der Waals surface area contributed by atoms with Crippen LogP contribution in [0.2, 0.25) is 0 Å². The number of carbonyl (C=O) groups is 2. The highest BCUT2D eigenvalue weighted by Gasteiger charge is 2.16. The Balaban J connectivity index is 3.44. The minimum atomic E-state index is -0.773. The van der Waals surface area contributed by atoms with Crippen molar-refractivity contribution in [2.75, 3.05) is 13.2 Å². The molecule has 5 nitrogen and oxygen atoms in total. The maximum Gasteiger partial charge on any atom is 0.306 e. The fourth-order valence-electron chi connectivity index (χ4n) is 7.62. The van der Waals surface area contributed by atoms with Crippen LogP contribution in [0, 0.1) is 0 Å². The van der Waals surface area contributed by atoms with Gasteiger partial charge in [0.05, 0.1) is 6.61 Å². The van der Waals surface area contributed by atoms with E-state index in [1.807, 2.05) is 0 Å². The van der Waals surface area contributed by atoms with E-state index in [1.165, 1.54) is 186 Å². The molecule has 0 saturated heterocycles. The topological polar surface area (TPSA) is 72.8 Å². The van der Waals surface area contributed by atoms with Crippen LogP contribution in [0.5, 0.6) is 0 Å². The van der Waals surface area contributed by atoms with Crippen LogP contribution in [0.15, 0.2) is 48.6 Å². The van der Waals surface area contributed by atoms with E-state index >= 15 is 0 Å². The standard InChI is InChI=1S/C55H100O5/c1-3-5-7-9-11-13-15-17-18-19-20-21-22-23-24-25-26-27-28-29-30-31-32-33-34-35-36-38-40-42-44-46-48-50-55(58)60-53(51-56)52-59-54(57)49-47-45-43-41-39-37-16-14-12-10-8-6-4-2/h14-17,19-20,22-23,53,56H,3-13,18,21,24-52H2,1-2H3/b16-14-,17-15-,20-19-,23-22-. The Labute approximate surface area is 373 Å². The zero-order valence-corrected chi connectivity index (χ0v) is 40.0. The molecule has 0 saturated carbocycles. The van der Waals surface area contributed by atoms with Gasteiger partial charge in [-0.1, -0.05) is 229 Å². The molecule has 0 bridgehead atoms. The Morgan fingerprint density at radius 2 is 0.667 bits per heavy atom. The molecular formula is C55H100O5. The van der Waals surface area contributed by atoms with Gasteiger partial charge in [0.15, 0.2) is 6.10 Å². The highest BCUT2D eigenvalue weighted by molar-refractivity contribution is 5.70. The van der Waals surface area contributed by atoms with E-state index in [4.69, 9.17) is 9.47 Å². The van der Waals surface area contributed by atoms with Gasteiger partial charge in [-0.2, -0.15) is 0 Å². The highest BCUT2D eigenvalue weighted by atomic mass is 16.6. The summed E-state index contributed by atoms with van der Waals surface area (Å²) in [5.41, 5.74) is 0. The van der Waals surface area contributed by atoms with Crippen molar-refractivity contribution in [3.8, 4) is 0 Å². The Bertz CT molecular complexity index is 997. The summed E-state index contributed by atoms with van der Waals surface area (Å²) in [5, 5.41) is 9.60. The largest absolute Gasteiger partial charge is 0.462 e. The zero-order chi connectivity index (χ0) is 43.5. The molecule has 0 aromatic carbocycles. The molecule has 0 spiro atoms. The minimum Gasteiger partial charge on any atom is -0.462 e. The molecule has 1 atom stereocenters. The molecule has 0 aliphatic carbocycles. The van der Waals surface area contributed by atoms with Crippen LogP contribution in [0.25, 0.3) is 0 Å². The first-order chi connectivity index (χ1) is 29.6. The van der Waals surface area contributed by atoms with Crippen molar-refractivity contribution in [2.45, 2.75) is 277 Å². The number of hydrogen-bond donors (Lipinski definition) is 1. The molecule has 0 heterocycles. The Morgan fingerprint density at radius 1 is 0.383 bits per heavy atom. The molecule has 0 amide bonds. The summed E-state index contributed by atoms with van der Waals surface area (Å²) in [7, 11) is 0. The van der Waals surface area contributed by atoms with Gasteiger partial charge < -0.3 is 14.6 Å². The number of ether oxygens (including phenoxy) is 2. The van der Waals surface area contributed by atoms with Crippen LogP contribution in [0.3, 0.4) is 0 Å². The number of hydrogen-bond acceptors (Lipinski definition) is 5. The van der Waals surface area contributed by atoms with Gasteiger partial charge in [0, 0.05) is 12.8 Å². The number of rotatable bonds is 48. The molecule has 350 valence electrons. The van der Waals surface area contributed by atoms with Crippen molar-refractivity contribution in [1.29, 1.82) is 0 Å². The van der Waals surface area contributed by atoms with Gasteiger partial charge in [0.2, 0.25) is 0 Å². The second kappa shape index (κ2) is 51.2. The van der Waals surface area contributed by atoms with Gasteiger partial charge in [-0.25, -0.2) is 0 Å². The van der Waals surface area contributed by atoms with E-state index < -0.39 is 6.10 Å². The van der Waals surface area contributed by atoms with Gasteiger partial charge in [-0.05, 0) is 77.0 Å². The summed E-state index contributed by atoms with van der Waals surface area (Å²) in [6.07, 6.45) is 66.5. The molecular weight excluding hydrogens is 741 g/mol. The summed E-state index contributed by atoms with van der Waals surface area (Å²) in [6.45, 7) is 4.12. The number of esters is 2. The monoisotopic (exact) mass is 841 g/mol. The molecule has 1 N–H and O–H groups in total. The van der Waals surface area contributed by atoms with Gasteiger partial charge in [-0.3, -0.25) is 9.59 Å². The van der Waals surface area contributed by atoms with E-state index in [0.29, 0.717) is 12.8 Å². The third-order valence-electron chi connectivity index (χ3n) is 11.6. The predicted molar refractivity (Wildman–Crippen MR) is 261 cm³/mol. The lowest BCUT2D eigenvalue weighted by Crippen LogP contribution is -2.28. The van der Waals surface area contributed by atoms with Crippen molar-refractivity contribution in [1.82, 2.24) is 0 Å². The van der Waals surface area contributed by atoms with E-state index in [9.17, 15) is 14.7 Å². The van der Waals surface area contributed by atoms with E-state index in [2.05, 4.69) is 62.5 Å². The lowest BCUT2D eigenvalue weighted by molar-refractivity contribution is -0.161. The average Bonchev–Trinajstić information content (AvgIpc) is 3.25. The molecule has 0 radical (unpaired) electrons. The van der Waals surface area contributed by atoms with Crippen LogP contribution in [0.4, 0.5) is 0 Å². The van der Waals surface area contributed by atoms with Gasteiger partial charge in [-0.15, -0.1) is 0 Å². The Morgan fingerprint density at radius 3 is 1.03 bits per heavy atom. The summed E-state index contributed by atoms with van der Waals surface area (Å²) < 4.78 is 10.7. The second-order valence-corrected chi connectivity index (χ2v) is 17.6. The van der Waals surface area contributed by atoms with Crippen LogP contribution in [0.1, 0.15) is 271 Å². The molecule has 5 heteroatoms. The zero-order valence-electron chi connectivity index (χ0n) is 40.0. The lowest BCUT2D eigenvalue weighted by atomic mass is 10.0. The first-order valence-electron chi connectivity index (χ1n) is 26.2. The summed E-state index contributed by atoms with van der Waals surface area (Å²) in [4.78, 5) is 24.4. The fourth-order valence-corrected chi connectivity index (χ4v) is 7.62. The Hall–Kier alpha value is -2.14. The summed E-state index contributed by atoms with van der Waals surface area (Å²) >= 11 is 0. The van der Waals surface area contributed by atoms with Crippen molar-refractivity contribution in [3.05, 3.63) is 48.6 Å². The van der Waals surface area contributed by atoms with Crippen molar-refractivity contribution in [3.63, 3.8) is 0 Å². The van der Waals surface area contributed by atoms with Crippen LogP contribution in [-0.2, 0) is 19.1 Å². The molecule has 0 aliphatic heterocycles. The average molecular weight is 841 g/mol. The first kappa shape index (κ1) is 57.9. The molecule has 0 aliphatic rings. The van der Waals surface area contributed by atoms with Crippen molar-refractivity contribution < 1.29 is 24.2 Å². The smallest absolute Gasteiger partial charge is 0.306 e. The Kier molecular flexibility index (Phi) is 49.4. The minimum absolute atomic E-state index is 0.0677. The SMILES string of the molecule is CCCCCC/C=C\CCCCCCCC(=O)OCC(CO)OC(=O)CCCCCCCCCCCCCCCCCCCC/C=C\C/C=C\C/C=C\CCCCCCC. The fraction of sp³-hybridized carbons (Fsp3) is 0.818. The number of allylic oxidation sites excluding steroid dienone is 8. The molecule has 0 aromatic heterocycles. The highest BCUT2D eigenvalue weighted by Crippen LogP contribution is 2.16. The third kappa shape index (κ3) is 48.5. The molecule has 0 aromatic rings. The number of carbonyl (C=O) groups excluding carboxylic acids is 2. The quantitative estimate of drug-likeness (QED) is 0.0375. The normalized spacial score (nSPS) is 12.5. The van der Waals surface area contributed by atoms with Crippen LogP contribution >= 0.6 is 0 Å². The third-order valence-corrected chi connectivity index (χ3v) is 11.6. The van der Waals surface area contributed by atoms with Crippen molar-refractivity contribution >= 4 is 11.9 Å². The predicted octanol–water partition coefficient (Wildman–Crippen LogP) is 17.3. The lowest BCUT2D eigenvalue weighted by Gasteiger charge is -2.15. The number of aliphatic hydroxyl groups is 1. The van der Waals surface area contributed by atoms with Crippen LogP contribution < -0.4 is 0 Å². The maximum atomic E-state index is 12.3.